The van der Waals surface area contributed by atoms with E-state index >= 15 is 0 Å². The van der Waals surface area contributed by atoms with E-state index in [0.717, 1.165) is 18.5 Å². The Morgan fingerprint density at radius 2 is 2.54 bits per heavy atom. The zero-order valence-corrected chi connectivity index (χ0v) is 7.90. The van der Waals surface area contributed by atoms with Crippen molar-refractivity contribution in [1.82, 2.24) is 9.55 Å². The summed E-state index contributed by atoms with van der Waals surface area (Å²) in [5.74, 6) is 2.65. The molecule has 0 bridgehead atoms. The molecular weight excluding hydrogens is 162 g/mol. The number of hydrogen-bond donors (Lipinski definition) is 1. The summed E-state index contributed by atoms with van der Waals surface area (Å²) >= 11 is 0. The van der Waals surface area contributed by atoms with E-state index in [9.17, 15) is 0 Å². The Morgan fingerprint density at radius 1 is 1.77 bits per heavy atom. The van der Waals surface area contributed by atoms with E-state index in [0.29, 0.717) is 12.6 Å². The Labute approximate surface area is 79.0 Å². The number of nitrogens with zero attached hydrogens (tertiary/aromatic N) is 2. The van der Waals surface area contributed by atoms with E-state index in [1.807, 2.05) is 12.5 Å². The number of imidazole rings is 1. The lowest BCUT2D eigenvalue weighted by Crippen LogP contribution is -2.11. The van der Waals surface area contributed by atoms with Crippen LogP contribution in [-0.4, -0.2) is 16.1 Å². The number of terminal acetylenes is 1. The van der Waals surface area contributed by atoms with Gasteiger partial charge in [-0.3, -0.25) is 0 Å². The predicted octanol–water partition coefficient (Wildman–Crippen LogP) is 0.969. The molecule has 13 heavy (non-hydrogen) atoms. The summed E-state index contributed by atoms with van der Waals surface area (Å²) < 4.78 is 2.09. The predicted molar refractivity (Wildman–Crippen MR) is 53.1 cm³/mol. The molecule has 0 saturated heterocycles. The molecule has 3 nitrogen and oxygen atoms in total. The first-order valence-corrected chi connectivity index (χ1v) is 4.43. The maximum atomic E-state index is 5.48. The molecule has 0 radical (unpaired) electrons. The SMILES string of the molecule is C#CCC(C)n1cncc1CCN. The normalized spacial score (nSPS) is 12.4. The standard InChI is InChI=1S/C10H15N3/c1-3-4-9(2)13-8-12-7-10(13)5-6-11/h1,7-9H,4-6,11H2,2H3. The monoisotopic (exact) mass is 177 g/mol. The summed E-state index contributed by atoms with van der Waals surface area (Å²) in [4.78, 5) is 4.08. The van der Waals surface area contributed by atoms with E-state index in [4.69, 9.17) is 12.2 Å². The van der Waals surface area contributed by atoms with Gasteiger partial charge in [0.25, 0.3) is 0 Å². The van der Waals surface area contributed by atoms with Gasteiger partial charge < -0.3 is 10.3 Å². The number of rotatable bonds is 4. The second kappa shape index (κ2) is 4.68. The van der Waals surface area contributed by atoms with Crippen molar-refractivity contribution in [2.75, 3.05) is 6.54 Å². The van der Waals surface area contributed by atoms with Crippen LogP contribution in [0, 0.1) is 12.3 Å². The van der Waals surface area contributed by atoms with Crippen LogP contribution in [0.1, 0.15) is 25.1 Å². The lowest BCUT2D eigenvalue weighted by molar-refractivity contribution is 0.540. The first-order chi connectivity index (χ1) is 6.29. The van der Waals surface area contributed by atoms with Gasteiger partial charge in [0.1, 0.15) is 0 Å². The summed E-state index contributed by atoms with van der Waals surface area (Å²) in [6.45, 7) is 2.73. The lowest BCUT2D eigenvalue weighted by Gasteiger charge is -2.13. The van der Waals surface area contributed by atoms with Crippen LogP contribution in [0.15, 0.2) is 12.5 Å². The van der Waals surface area contributed by atoms with Gasteiger partial charge in [-0.05, 0) is 13.5 Å². The Balaban J connectivity index is 2.75. The molecule has 0 fully saturated rings. The highest BCUT2D eigenvalue weighted by Gasteiger charge is 2.06. The van der Waals surface area contributed by atoms with Gasteiger partial charge in [-0.15, -0.1) is 12.3 Å². The molecule has 0 amide bonds. The van der Waals surface area contributed by atoms with Crippen LogP contribution in [0.3, 0.4) is 0 Å². The number of nitrogens with two attached hydrogens (primary N) is 1. The van der Waals surface area contributed by atoms with Crippen LogP contribution in [0.5, 0.6) is 0 Å². The van der Waals surface area contributed by atoms with E-state index in [2.05, 4.69) is 22.4 Å². The fourth-order valence-electron chi connectivity index (χ4n) is 1.34. The van der Waals surface area contributed by atoms with Crippen molar-refractivity contribution in [2.45, 2.75) is 25.8 Å². The minimum absolute atomic E-state index is 0.314. The highest BCUT2D eigenvalue weighted by atomic mass is 15.1. The van der Waals surface area contributed by atoms with Crippen molar-refractivity contribution in [3.05, 3.63) is 18.2 Å². The fraction of sp³-hybridized carbons (Fsp3) is 0.500. The molecule has 1 unspecified atom stereocenters. The zero-order chi connectivity index (χ0) is 9.68. The van der Waals surface area contributed by atoms with Crippen LogP contribution in [-0.2, 0) is 6.42 Å². The first kappa shape index (κ1) is 9.82. The van der Waals surface area contributed by atoms with Gasteiger partial charge in [-0.2, -0.15) is 0 Å². The van der Waals surface area contributed by atoms with Crippen LogP contribution in [0.2, 0.25) is 0 Å². The molecular formula is C10H15N3. The van der Waals surface area contributed by atoms with Crippen molar-refractivity contribution < 1.29 is 0 Å². The molecule has 2 N–H and O–H groups in total. The van der Waals surface area contributed by atoms with Gasteiger partial charge in [0.15, 0.2) is 0 Å². The van der Waals surface area contributed by atoms with Gasteiger partial charge in [0, 0.05) is 30.8 Å². The zero-order valence-electron chi connectivity index (χ0n) is 7.90. The maximum Gasteiger partial charge on any atom is 0.0951 e. The van der Waals surface area contributed by atoms with Gasteiger partial charge in [-0.25, -0.2) is 4.98 Å². The summed E-state index contributed by atoms with van der Waals surface area (Å²) in [5, 5.41) is 0. The number of hydrogen-bond acceptors (Lipinski definition) is 2. The summed E-state index contributed by atoms with van der Waals surface area (Å²) in [7, 11) is 0. The molecule has 0 saturated carbocycles. The Kier molecular flexibility index (Phi) is 3.53. The highest BCUT2D eigenvalue weighted by Crippen LogP contribution is 2.12. The van der Waals surface area contributed by atoms with E-state index < -0.39 is 0 Å². The van der Waals surface area contributed by atoms with Gasteiger partial charge in [0.2, 0.25) is 0 Å². The van der Waals surface area contributed by atoms with Gasteiger partial charge in [-0.1, -0.05) is 0 Å². The molecule has 1 rings (SSSR count). The van der Waals surface area contributed by atoms with Crippen LogP contribution < -0.4 is 5.73 Å². The summed E-state index contributed by atoms with van der Waals surface area (Å²) in [6, 6.07) is 0.314. The summed E-state index contributed by atoms with van der Waals surface area (Å²) in [6.07, 6.45) is 10.5. The maximum absolute atomic E-state index is 5.48. The van der Waals surface area contributed by atoms with E-state index in [1.165, 1.54) is 0 Å². The molecule has 0 spiro atoms. The molecule has 3 heteroatoms. The third-order valence-corrected chi connectivity index (χ3v) is 2.03. The smallest absolute Gasteiger partial charge is 0.0951 e. The fourth-order valence-corrected chi connectivity index (χ4v) is 1.34. The van der Waals surface area contributed by atoms with Crippen molar-refractivity contribution in [3.8, 4) is 12.3 Å². The van der Waals surface area contributed by atoms with Gasteiger partial charge >= 0.3 is 0 Å². The largest absolute Gasteiger partial charge is 0.331 e. The average molecular weight is 177 g/mol. The molecule has 0 aliphatic rings. The van der Waals surface area contributed by atoms with Gasteiger partial charge in [0.05, 0.1) is 6.33 Å². The summed E-state index contributed by atoms with van der Waals surface area (Å²) in [5.41, 5.74) is 6.64. The molecule has 1 aromatic rings. The molecule has 1 heterocycles. The lowest BCUT2D eigenvalue weighted by atomic mass is 10.2. The third-order valence-electron chi connectivity index (χ3n) is 2.03. The van der Waals surface area contributed by atoms with E-state index in [1.54, 1.807) is 0 Å². The molecule has 0 aliphatic carbocycles. The van der Waals surface area contributed by atoms with Crippen LogP contribution in [0.4, 0.5) is 0 Å². The minimum atomic E-state index is 0.314. The van der Waals surface area contributed by atoms with Crippen molar-refractivity contribution in [1.29, 1.82) is 0 Å². The Hall–Kier alpha value is -1.27. The minimum Gasteiger partial charge on any atom is -0.331 e. The Bertz CT molecular complexity index is 295. The average Bonchev–Trinajstić information content (AvgIpc) is 2.54. The van der Waals surface area contributed by atoms with Crippen molar-refractivity contribution in [2.24, 2.45) is 5.73 Å². The molecule has 0 aromatic carbocycles. The number of aromatic nitrogens is 2. The second-order valence-corrected chi connectivity index (χ2v) is 3.09. The third kappa shape index (κ3) is 2.33. The van der Waals surface area contributed by atoms with E-state index in [-0.39, 0.29) is 0 Å². The molecule has 70 valence electrons. The highest BCUT2D eigenvalue weighted by molar-refractivity contribution is 5.02. The second-order valence-electron chi connectivity index (χ2n) is 3.09. The van der Waals surface area contributed by atoms with Crippen molar-refractivity contribution >= 4 is 0 Å². The molecule has 1 atom stereocenters. The van der Waals surface area contributed by atoms with Crippen molar-refractivity contribution in [3.63, 3.8) is 0 Å². The van der Waals surface area contributed by atoms with Crippen LogP contribution in [0.25, 0.3) is 0 Å². The molecule has 0 aliphatic heterocycles. The topological polar surface area (TPSA) is 43.8 Å². The van der Waals surface area contributed by atoms with Crippen LogP contribution >= 0.6 is 0 Å². The molecule has 1 aromatic heterocycles. The quantitative estimate of drug-likeness (QED) is 0.696. The Morgan fingerprint density at radius 3 is 3.15 bits per heavy atom. The first-order valence-electron chi connectivity index (χ1n) is 4.43.